The fourth-order valence-electron chi connectivity index (χ4n) is 5.27. The topological polar surface area (TPSA) is 33.7 Å². The van der Waals surface area contributed by atoms with E-state index in [0.717, 1.165) is 37.6 Å². The van der Waals surface area contributed by atoms with Crippen molar-refractivity contribution in [2.24, 2.45) is 5.92 Å². The van der Waals surface area contributed by atoms with E-state index in [1.54, 1.807) is 7.11 Å². The van der Waals surface area contributed by atoms with Gasteiger partial charge in [-0.05, 0) is 42.0 Å². The molecule has 2 aromatic rings. The number of benzene rings is 2. The van der Waals surface area contributed by atoms with Crippen molar-refractivity contribution in [2.75, 3.05) is 46.4 Å². The summed E-state index contributed by atoms with van der Waals surface area (Å²) in [7, 11) is 1.80. The average molecular weight is 379 g/mol. The zero-order chi connectivity index (χ0) is 18.9. The molecular formula is C24H30N2O2. The Hall–Kier alpha value is -2.04. The monoisotopic (exact) mass is 378 g/mol. The van der Waals surface area contributed by atoms with Crippen molar-refractivity contribution < 1.29 is 9.47 Å². The number of fused-ring (bicyclic) bond motifs is 2. The molecule has 0 bridgehead atoms. The van der Waals surface area contributed by atoms with Gasteiger partial charge in [-0.15, -0.1) is 0 Å². The number of rotatable bonds is 4. The molecule has 3 aliphatic rings. The summed E-state index contributed by atoms with van der Waals surface area (Å²) in [6, 6.07) is 13.5. The van der Waals surface area contributed by atoms with Crippen LogP contribution in [0.1, 0.15) is 34.6 Å². The van der Waals surface area contributed by atoms with E-state index in [0.29, 0.717) is 11.8 Å². The van der Waals surface area contributed by atoms with Gasteiger partial charge in [0.2, 0.25) is 0 Å². The van der Waals surface area contributed by atoms with Crippen LogP contribution < -0.4 is 14.8 Å². The summed E-state index contributed by atoms with van der Waals surface area (Å²) in [6.07, 6.45) is 3.34. The van der Waals surface area contributed by atoms with Crippen LogP contribution in [0.5, 0.6) is 11.5 Å². The highest BCUT2D eigenvalue weighted by atomic mass is 16.5. The summed E-state index contributed by atoms with van der Waals surface area (Å²) < 4.78 is 11.7. The van der Waals surface area contributed by atoms with Crippen molar-refractivity contribution in [1.29, 1.82) is 0 Å². The van der Waals surface area contributed by atoms with Gasteiger partial charge in [0, 0.05) is 56.2 Å². The summed E-state index contributed by atoms with van der Waals surface area (Å²) in [5.74, 6) is 3.13. The molecule has 1 N–H and O–H groups in total. The normalized spacial score (nSPS) is 24.3. The largest absolute Gasteiger partial charge is 0.496 e. The third kappa shape index (κ3) is 3.40. The Bertz CT molecular complexity index is 844. The Kier molecular flexibility index (Phi) is 5.00. The van der Waals surface area contributed by atoms with E-state index in [1.165, 1.54) is 54.7 Å². The van der Waals surface area contributed by atoms with Crippen LogP contribution in [0.2, 0.25) is 0 Å². The number of hydrogen-bond acceptors (Lipinski definition) is 4. The van der Waals surface area contributed by atoms with Crippen molar-refractivity contribution >= 4 is 0 Å². The first kappa shape index (κ1) is 18.0. The third-order valence-electron chi connectivity index (χ3n) is 6.65. The maximum atomic E-state index is 5.90. The predicted molar refractivity (Wildman–Crippen MR) is 112 cm³/mol. The van der Waals surface area contributed by atoms with Gasteiger partial charge >= 0.3 is 0 Å². The smallest absolute Gasteiger partial charge is 0.123 e. The van der Waals surface area contributed by atoms with Crippen LogP contribution in [0.25, 0.3) is 0 Å². The molecule has 0 spiro atoms. The Labute approximate surface area is 167 Å². The zero-order valence-corrected chi connectivity index (χ0v) is 16.7. The molecule has 148 valence electrons. The summed E-state index contributed by atoms with van der Waals surface area (Å²) >= 11 is 0. The molecule has 0 aromatic heterocycles. The van der Waals surface area contributed by atoms with Gasteiger partial charge in [-0.1, -0.05) is 24.3 Å². The van der Waals surface area contributed by atoms with Crippen molar-refractivity contribution in [3.63, 3.8) is 0 Å². The Morgan fingerprint density at radius 2 is 1.96 bits per heavy atom. The minimum absolute atomic E-state index is 0.377. The lowest BCUT2D eigenvalue weighted by Gasteiger charge is -2.37. The summed E-state index contributed by atoms with van der Waals surface area (Å²) in [5.41, 5.74) is 5.54. The van der Waals surface area contributed by atoms with E-state index in [2.05, 4.69) is 46.6 Å². The van der Waals surface area contributed by atoms with E-state index < -0.39 is 0 Å². The third-order valence-corrected chi connectivity index (χ3v) is 6.65. The first-order valence-electron chi connectivity index (χ1n) is 10.7. The van der Waals surface area contributed by atoms with Crippen molar-refractivity contribution in [3.8, 4) is 11.5 Å². The van der Waals surface area contributed by atoms with Crippen molar-refractivity contribution in [3.05, 3.63) is 58.7 Å². The van der Waals surface area contributed by atoms with Crippen LogP contribution in [0.4, 0.5) is 0 Å². The van der Waals surface area contributed by atoms with Gasteiger partial charge in [0.25, 0.3) is 0 Å². The molecule has 2 aliphatic heterocycles. The molecule has 5 rings (SSSR count). The van der Waals surface area contributed by atoms with Crippen LogP contribution in [0.15, 0.2) is 36.4 Å². The molecule has 4 nitrogen and oxygen atoms in total. The lowest BCUT2D eigenvalue weighted by molar-refractivity contribution is 0.193. The summed E-state index contributed by atoms with van der Waals surface area (Å²) in [4.78, 5) is 2.63. The SMILES string of the molecule is COc1cc2c(cc1C1CC(CN3CCNCC3)Cc3ccccc31)OCC2. The molecule has 1 fully saturated rings. The highest BCUT2D eigenvalue weighted by Gasteiger charge is 2.32. The van der Waals surface area contributed by atoms with Gasteiger partial charge in [-0.2, -0.15) is 0 Å². The second-order valence-corrected chi connectivity index (χ2v) is 8.41. The molecule has 28 heavy (non-hydrogen) atoms. The summed E-state index contributed by atoms with van der Waals surface area (Å²) in [5, 5.41) is 3.47. The molecule has 2 unspecified atom stereocenters. The Balaban J connectivity index is 1.49. The van der Waals surface area contributed by atoms with E-state index in [-0.39, 0.29) is 0 Å². The second-order valence-electron chi connectivity index (χ2n) is 8.41. The minimum atomic E-state index is 0.377. The molecule has 0 amide bonds. The lowest BCUT2D eigenvalue weighted by atomic mass is 9.73. The van der Waals surface area contributed by atoms with Crippen LogP contribution in [-0.4, -0.2) is 51.3 Å². The zero-order valence-electron chi connectivity index (χ0n) is 16.7. The Morgan fingerprint density at radius 1 is 1.11 bits per heavy atom. The number of ether oxygens (including phenoxy) is 2. The van der Waals surface area contributed by atoms with Crippen molar-refractivity contribution in [1.82, 2.24) is 10.2 Å². The molecule has 2 aromatic carbocycles. The number of nitrogens with one attached hydrogen (secondary N) is 1. The number of piperazine rings is 1. The van der Waals surface area contributed by atoms with Gasteiger partial charge in [0.05, 0.1) is 13.7 Å². The fourth-order valence-corrected chi connectivity index (χ4v) is 5.27. The molecule has 0 radical (unpaired) electrons. The molecule has 2 atom stereocenters. The van der Waals surface area contributed by atoms with E-state index in [9.17, 15) is 0 Å². The second kappa shape index (κ2) is 7.76. The molecular weight excluding hydrogens is 348 g/mol. The molecule has 0 saturated carbocycles. The highest BCUT2D eigenvalue weighted by Crippen LogP contribution is 2.45. The predicted octanol–water partition coefficient (Wildman–Crippen LogP) is 3.23. The molecule has 2 heterocycles. The van der Waals surface area contributed by atoms with Gasteiger partial charge in [0.15, 0.2) is 0 Å². The van der Waals surface area contributed by atoms with Gasteiger partial charge < -0.3 is 19.7 Å². The van der Waals surface area contributed by atoms with Gasteiger partial charge in [-0.25, -0.2) is 0 Å². The van der Waals surface area contributed by atoms with Crippen LogP contribution in [0.3, 0.4) is 0 Å². The summed E-state index contributed by atoms with van der Waals surface area (Å²) in [6.45, 7) is 6.54. The van der Waals surface area contributed by atoms with Crippen molar-refractivity contribution in [2.45, 2.75) is 25.2 Å². The first-order valence-corrected chi connectivity index (χ1v) is 10.7. The maximum Gasteiger partial charge on any atom is 0.123 e. The van der Waals surface area contributed by atoms with Gasteiger partial charge in [-0.3, -0.25) is 0 Å². The highest BCUT2D eigenvalue weighted by molar-refractivity contribution is 5.53. The van der Waals surface area contributed by atoms with Crippen LogP contribution in [-0.2, 0) is 12.8 Å². The average Bonchev–Trinajstić information content (AvgIpc) is 3.20. The number of hydrogen-bond donors (Lipinski definition) is 1. The number of methoxy groups -OCH3 is 1. The van der Waals surface area contributed by atoms with Crippen LogP contribution >= 0.6 is 0 Å². The van der Waals surface area contributed by atoms with E-state index in [1.807, 2.05) is 0 Å². The van der Waals surface area contributed by atoms with E-state index in [4.69, 9.17) is 9.47 Å². The quantitative estimate of drug-likeness (QED) is 0.886. The van der Waals surface area contributed by atoms with Gasteiger partial charge in [0.1, 0.15) is 11.5 Å². The van der Waals surface area contributed by atoms with Crippen LogP contribution in [0, 0.1) is 5.92 Å². The molecule has 1 saturated heterocycles. The molecule has 1 aliphatic carbocycles. The van der Waals surface area contributed by atoms with E-state index >= 15 is 0 Å². The lowest BCUT2D eigenvalue weighted by Crippen LogP contribution is -2.46. The fraction of sp³-hybridized carbons (Fsp3) is 0.500. The minimum Gasteiger partial charge on any atom is -0.496 e. The standard InChI is InChI=1S/C24H30N2O2/c1-27-24-14-19-6-11-28-23(19)15-22(24)21-13-17(16-26-9-7-25-8-10-26)12-18-4-2-3-5-20(18)21/h2-5,14-15,17,21,25H,6-13,16H2,1H3. The molecule has 4 heteroatoms. The Morgan fingerprint density at radius 3 is 2.82 bits per heavy atom. The first-order chi connectivity index (χ1) is 13.8. The maximum absolute atomic E-state index is 5.90. The number of nitrogens with zero attached hydrogens (tertiary/aromatic N) is 1.